The first-order chi connectivity index (χ1) is 8.41. The molecule has 0 radical (unpaired) electrons. The SMILES string of the molecule is CCn1c(C)cc(CNCC(C)(C)CCO)c1C. The molecular formula is C15H28N2O. The molecule has 1 aromatic heterocycles. The number of hydrogen-bond acceptors (Lipinski definition) is 2. The third-order valence-corrected chi connectivity index (χ3v) is 3.70. The number of aliphatic hydroxyl groups is 1. The fourth-order valence-electron chi connectivity index (χ4n) is 2.46. The number of rotatable bonds is 7. The molecule has 0 aliphatic heterocycles. The minimum absolute atomic E-state index is 0.158. The Morgan fingerprint density at radius 1 is 1.33 bits per heavy atom. The van der Waals surface area contributed by atoms with Gasteiger partial charge < -0.3 is 15.0 Å². The quantitative estimate of drug-likeness (QED) is 0.783. The Bertz CT molecular complexity index is 380. The van der Waals surface area contributed by atoms with Gasteiger partial charge in [0.05, 0.1) is 0 Å². The average molecular weight is 252 g/mol. The number of nitrogens with one attached hydrogen (secondary N) is 1. The van der Waals surface area contributed by atoms with E-state index in [4.69, 9.17) is 5.11 Å². The molecule has 0 atom stereocenters. The molecule has 0 saturated carbocycles. The highest BCUT2D eigenvalue weighted by Crippen LogP contribution is 2.19. The van der Waals surface area contributed by atoms with E-state index in [-0.39, 0.29) is 12.0 Å². The molecular weight excluding hydrogens is 224 g/mol. The van der Waals surface area contributed by atoms with Crippen LogP contribution in [-0.4, -0.2) is 22.8 Å². The Balaban J connectivity index is 2.54. The normalized spacial score (nSPS) is 12.1. The topological polar surface area (TPSA) is 37.2 Å². The summed E-state index contributed by atoms with van der Waals surface area (Å²) in [4.78, 5) is 0. The molecule has 0 amide bonds. The average Bonchev–Trinajstić information content (AvgIpc) is 2.53. The van der Waals surface area contributed by atoms with Crippen molar-refractivity contribution in [1.82, 2.24) is 9.88 Å². The molecule has 0 aliphatic carbocycles. The number of aromatic nitrogens is 1. The molecule has 3 nitrogen and oxygen atoms in total. The molecule has 0 aromatic carbocycles. The van der Waals surface area contributed by atoms with E-state index in [0.717, 1.165) is 26.1 Å². The molecule has 1 rings (SSSR count). The summed E-state index contributed by atoms with van der Waals surface area (Å²) in [6.07, 6.45) is 0.841. The van der Waals surface area contributed by atoms with Crippen LogP contribution in [0.25, 0.3) is 0 Å². The van der Waals surface area contributed by atoms with Gasteiger partial charge in [0, 0.05) is 37.6 Å². The predicted octanol–water partition coefficient (Wildman–Crippen LogP) is 2.62. The largest absolute Gasteiger partial charge is 0.396 e. The zero-order chi connectivity index (χ0) is 13.8. The van der Waals surface area contributed by atoms with Gasteiger partial charge in [0.25, 0.3) is 0 Å². The van der Waals surface area contributed by atoms with Gasteiger partial charge in [-0.15, -0.1) is 0 Å². The van der Waals surface area contributed by atoms with Crippen molar-refractivity contribution in [1.29, 1.82) is 0 Å². The summed E-state index contributed by atoms with van der Waals surface area (Å²) >= 11 is 0. The van der Waals surface area contributed by atoms with E-state index in [1.165, 1.54) is 17.0 Å². The number of aryl methyl sites for hydroxylation is 1. The van der Waals surface area contributed by atoms with E-state index in [9.17, 15) is 0 Å². The molecule has 18 heavy (non-hydrogen) atoms. The van der Waals surface area contributed by atoms with Crippen molar-refractivity contribution < 1.29 is 5.11 Å². The minimum atomic E-state index is 0.158. The Morgan fingerprint density at radius 3 is 2.50 bits per heavy atom. The van der Waals surface area contributed by atoms with Crippen molar-refractivity contribution in [3.05, 3.63) is 23.0 Å². The summed E-state index contributed by atoms with van der Waals surface area (Å²) in [5.74, 6) is 0. The summed E-state index contributed by atoms with van der Waals surface area (Å²) in [7, 11) is 0. The predicted molar refractivity (Wildman–Crippen MR) is 76.8 cm³/mol. The van der Waals surface area contributed by atoms with Crippen molar-refractivity contribution in [2.24, 2.45) is 5.41 Å². The van der Waals surface area contributed by atoms with Gasteiger partial charge in [0.2, 0.25) is 0 Å². The monoisotopic (exact) mass is 252 g/mol. The first-order valence-corrected chi connectivity index (χ1v) is 6.88. The molecule has 0 fully saturated rings. The molecule has 104 valence electrons. The number of nitrogens with zero attached hydrogens (tertiary/aromatic N) is 1. The summed E-state index contributed by atoms with van der Waals surface area (Å²) in [6.45, 7) is 14.0. The van der Waals surface area contributed by atoms with Gasteiger partial charge in [0.15, 0.2) is 0 Å². The van der Waals surface area contributed by atoms with Gasteiger partial charge >= 0.3 is 0 Å². The van der Waals surface area contributed by atoms with E-state index >= 15 is 0 Å². The molecule has 0 spiro atoms. The van der Waals surface area contributed by atoms with Crippen molar-refractivity contribution in [3.63, 3.8) is 0 Å². The molecule has 0 unspecified atom stereocenters. The van der Waals surface area contributed by atoms with E-state index in [1.54, 1.807) is 0 Å². The van der Waals surface area contributed by atoms with E-state index in [0.29, 0.717) is 0 Å². The zero-order valence-electron chi connectivity index (χ0n) is 12.5. The maximum atomic E-state index is 9.00. The van der Waals surface area contributed by atoms with Crippen LogP contribution in [0.4, 0.5) is 0 Å². The van der Waals surface area contributed by atoms with Crippen LogP contribution in [-0.2, 0) is 13.1 Å². The fourth-order valence-corrected chi connectivity index (χ4v) is 2.46. The standard InChI is InChI=1S/C15H28N2O/c1-6-17-12(2)9-14(13(17)3)10-16-11-15(4,5)7-8-18/h9,16,18H,6-8,10-11H2,1-5H3. The van der Waals surface area contributed by atoms with E-state index in [2.05, 4.69) is 50.6 Å². The fraction of sp³-hybridized carbons (Fsp3) is 0.733. The lowest BCUT2D eigenvalue weighted by Crippen LogP contribution is -2.30. The van der Waals surface area contributed by atoms with Gasteiger partial charge in [-0.25, -0.2) is 0 Å². The first kappa shape index (κ1) is 15.3. The van der Waals surface area contributed by atoms with Crippen LogP contribution < -0.4 is 5.32 Å². The molecule has 1 heterocycles. The molecule has 0 saturated heterocycles. The number of hydrogen-bond donors (Lipinski definition) is 2. The van der Waals surface area contributed by atoms with Gasteiger partial charge in [-0.3, -0.25) is 0 Å². The van der Waals surface area contributed by atoms with Crippen LogP contribution >= 0.6 is 0 Å². The van der Waals surface area contributed by atoms with E-state index < -0.39 is 0 Å². The van der Waals surface area contributed by atoms with Crippen LogP contribution in [0.15, 0.2) is 6.07 Å². The molecule has 3 heteroatoms. The minimum Gasteiger partial charge on any atom is -0.396 e. The van der Waals surface area contributed by atoms with Crippen LogP contribution in [0.2, 0.25) is 0 Å². The smallest absolute Gasteiger partial charge is 0.0436 e. The van der Waals surface area contributed by atoms with Gasteiger partial charge in [-0.1, -0.05) is 13.8 Å². The number of aliphatic hydroxyl groups excluding tert-OH is 1. The lowest BCUT2D eigenvalue weighted by atomic mass is 9.90. The molecule has 1 aromatic rings. The van der Waals surface area contributed by atoms with Crippen LogP contribution in [0.3, 0.4) is 0 Å². The second kappa shape index (κ2) is 6.39. The second-order valence-corrected chi connectivity index (χ2v) is 5.88. The second-order valence-electron chi connectivity index (χ2n) is 5.88. The summed E-state index contributed by atoms with van der Waals surface area (Å²) < 4.78 is 2.34. The maximum Gasteiger partial charge on any atom is 0.0436 e. The van der Waals surface area contributed by atoms with Crippen molar-refractivity contribution >= 4 is 0 Å². The molecule has 0 aliphatic rings. The Kier molecular flexibility index (Phi) is 5.42. The van der Waals surface area contributed by atoms with Crippen LogP contribution in [0, 0.1) is 19.3 Å². The molecule has 2 N–H and O–H groups in total. The summed E-state index contributed by atoms with van der Waals surface area (Å²) in [6, 6.07) is 2.27. The van der Waals surface area contributed by atoms with Gasteiger partial charge in [-0.05, 0) is 44.2 Å². The first-order valence-electron chi connectivity index (χ1n) is 6.88. The third-order valence-electron chi connectivity index (χ3n) is 3.70. The third kappa shape index (κ3) is 3.85. The highest BCUT2D eigenvalue weighted by atomic mass is 16.3. The lowest BCUT2D eigenvalue weighted by molar-refractivity contribution is 0.207. The summed E-state index contributed by atoms with van der Waals surface area (Å²) in [5.41, 5.74) is 4.24. The van der Waals surface area contributed by atoms with Gasteiger partial charge in [-0.2, -0.15) is 0 Å². The zero-order valence-corrected chi connectivity index (χ0v) is 12.5. The van der Waals surface area contributed by atoms with Crippen LogP contribution in [0.1, 0.15) is 44.1 Å². The Hall–Kier alpha value is -0.800. The summed E-state index contributed by atoms with van der Waals surface area (Å²) in [5, 5.41) is 12.5. The highest BCUT2D eigenvalue weighted by Gasteiger charge is 2.16. The lowest BCUT2D eigenvalue weighted by Gasteiger charge is -2.24. The van der Waals surface area contributed by atoms with Crippen molar-refractivity contribution in [2.75, 3.05) is 13.2 Å². The highest BCUT2D eigenvalue weighted by molar-refractivity contribution is 5.26. The Morgan fingerprint density at radius 2 is 2.00 bits per heavy atom. The van der Waals surface area contributed by atoms with Gasteiger partial charge in [0.1, 0.15) is 0 Å². The van der Waals surface area contributed by atoms with Crippen molar-refractivity contribution in [3.8, 4) is 0 Å². The maximum absolute atomic E-state index is 9.00. The molecule has 0 bridgehead atoms. The van der Waals surface area contributed by atoms with E-state index in [1.807, 2.05) is 0 Å². The Labute approximate surface area is 111 Å². The van der Waals surface area contributed by atoms with Crippen molar-refractivity contribution in [2.45, 2.75) is 54.1 Å². The van der Waals surface area contributed by atoms with Crippen LogP contribution in [0.5, 0.6) is 0 Å².